The van der Waals surface area contributed by atoms with Gasteiger partial charge in [-0.25, -0.2) is 9.97 Å². The first-order chi connectivity index (χ1) is 19.0. The van der Waals surface area contributed by atoms with Crippen molar-refractivity contribution in [2.75, 3.05) is 36.0 Å². The van der Waals surface area contributed by atoms with E-state index < -0.39 is 0 Å². The highest BCUT2D eigenvalue weighted by Gasteiger charge is 2.06. The number of hydrogen-bond acceptors (Lipinski definition) is 4. The second-order valence-electron chi connectivity index (χ2n) is 9.60. The molecule has 0 spiro atoms. The highest BCUT2D eigenvalue weighted by Crippen LogP contribution is 2.21. The first kappa shape index (κ1) is 27.8. The summed E-state index contributed by atoms with van der Waals surface area (Å²) in [7, 11) is 0. The average molecular weight is 517 g/mol. The molecule has 3 aromatic carbocycles. The summed E-state index contributed by atoms with van der Waals surface area (Å²) in [5, 5.41) is 0. The Labute approximate surface area is 234 Å². The topological polar surface area (TPSA) is 32.3 Å². The van der Waals surface area contributed by atoms with Crippen LogP contribution in [0.1, 0.15) is 55.8 Å². The molecule has 0 radical (unpaired) electrons. The second kappa shape index (κ2) is 13.6. The number of aryl methyl sites for hydroxylation is 1. The lowest BCUT2D eigenvalue weighted by Gasteiger charge is -2.20. The molecule has 0 aliphatic heterocycles. The number of rotatable bonds is 11. The van der Waals surface area contributed by atoms with Crippen LogP contribution in [0.15, 0.2) is 78.9 Å². The molecular formula is C35H40N4. The number of benzene rings is 3. The Bertz CT molecular complexity index is 1290. The van der Waals surface area contributed by atoms with Gasteiger partial charge in [-0.3, -0.25) is 0 Å². The summed E-state index contributed by atoms with van der Waals surface area (Å²) in [5.74, 6) is 0.727. The highest BCUT2D eigenvalue weighted by atomic mass is 15.1. The summed E-state index contributed by atoms with van der Waals surface area (Å²) in [6.07, 6.45) is 8.38. The van der Waals surface area contributed by atoms with E-state index in [0.717, 1.165) is 60.1 Å². The van der Waals surface area contributed by atoms with Crippen LogP contribution in [0.4, 0.5) is 11.4 Å². The van der Waals surface area contributed by atoms with Crippen LogP contribution in [0.5, 0.6) is 0 Å². The maximum Gasteiger partial charge on any atom is 0.160 e. The lowest BCUT2D eigenvalue weighted by molar-refractivity contribution is 0.866. The fourth-order valence-corrected chi connectivity index (χ4v) is 4.62. The summed E-state index contributed by atoms with van der Waals surface area (Å²) in [5.41, 5.74) is 8.78. The van der Waals surface area contributed by atoms with Gasteiger partial charge in [0, 0.05) is 43.1 Å². The van der Waals surface area contributed by atoms with Crippen LogP contribution >= 0.6 is 0 Å². The Balaban J connectivity index is 1.61. The molecule has 0 aliphatic rings. The van der Waals surface area contributed by atoms with Gasteiger partial charge in [-0.15, -0.1) is 0 Å². The fourth-order valence-electron chi connectivity index (χ4n) is 4.62. The molecule has 0 aliphatic carbocycles. The van der Waals surface area contributed by atoms with E-state index in [9.17, 15) is 0 Å². The molecule has 39 heavy (non-hydrogen) atoms. The van der Waals surface area contributed by atoms with Gasteiger partial charge in [0.25, 0.3) is 0 Å². The van der Waals surface area contributed by atoms with Crippen molar-refractivity contribution in [3.8, 4) is 11.4 Å². The molecule has 0 saturated carbocycles. The average Bonchev–Trinajstić information content (AvgIpc) is 2.98. The highest BCUT2D eigenvalue weighted by molar-refractivity contribution is 5.74. The quantitative estimate of drug-likeness (QED) is 0.200. The van der Waals surface area contributed by atoms with Crippen molar-refractivity contribution < 1.29 is 0 Å². The van der Waals surface area contributed by atoms with E-state index >= 15 is 0 Å². The van der Waals surface area contributed by atoms with Crippen LogP contribution in [0, 0.1) is 6.92 Å². The maximum absolute atomic E-state index is 4.88. The smallest absolute Gasteiger partial charge is 0.160 e. The van der Waals surface area contributed by atoms with E-state index in [4.69, 9.17) is 9.97 Å². The molecule has 1 aromatic heterocycles. The molecule has 0 N–H and O–H groups in total. The fraction of sp³-hybridized carbons (Fsp3) is 0.257. The minimum absolute atomic E-state index is 0.727. The predicted octanol–water partition coefficient (Wildman–Crippen LogP) is 8.49. The third kappa shape index (κ3) is 7.44. The summed E-state index contributed by atoms with van der Waals surface area (Å²) >= 11 is 0. The van der Waals surface area contributed by atoms with Crippen molar-refractivity contribution >= 4 is 35.7 Å². The maximum atomic E-state index is 4.88. The number of aromatic nitrogens is 2. The first-order valence-corrected chi connectivity index (χ1v) is 14.0. The lowest BCUT2D eigenvalue weighted by Crippen LogP contribution is -2.21. The second-order valence-corrected chi connectivity index (χ2v) is 9.60. The number of anilines is 2. The summed E-state index contributed by atoms with van der Waals surface area (Å²) in [6, 6.07) is 27.8. The zero-order valence-electron chi connectivity index (χ0n) is 23.9. The molecule has 200 valence electrons. The largest absolute Gasteiger partial charge is 0.372 e. The summed E-state index contributed by atoms with van der Waals surface area (Å²) in [6.45, 7) is 14.9. The molecular weight excluding hydrogens is 476 g/mol. The Morgan fingerprint density at radius 1 is 0.538 bits per heavy atom. The van der Waals surface area contributed by atoms with Gasteiger partial charge >= 0.3 is 0 Å². The molecule has 4 heteroatoms. The van der Waals surface area contributed by atoms with E-state index in [1.807, 2.05) is 6.07 Å². The summed E-state index contributed by atoms with van der Waals surface area (Å²) < 4.78 is 0. The Morgan fingerprint density at radius 2 is 0.949 bits per heavy atom. The van der Waals surface area contributed by atoms with E-state index in [1.165, 1.54) is 16.9 Å². The molecule has 0 saturated heterocycles. The molecule has 4 rings (SSSR count). The first-order valence-electron chi connectivity index (χ1n) is 14.0. The zero-order chi connectivity index (χ0) is 27.6. The monoisotopic (exact) mass is 516 g/mol. The number of nitrogens with zero attached hydrogens (tertiary/aromatic N) is 4. The Kier molecular flexibility index (Phi) is 9.69. The zero-order valence-corrected chi connectivity index (χ0v) is 23.9. The molecule has 0 amide bonds. The van der Waals surface area contributed by atoms with Crippen molar-refractivity contribution in [2.45, 2.75) is 34.6 Å². The van der Waals surface area contributed by atoms with Crippen LogP contribution < -0.4 is 9.80 Å². The normalized spacial score (nSPS) is 11.4. The van der Waals surface area contributed by atoms with Crippen LogP contribution in [0.3, 0.4) is 0 Å². The molecule has 0 fully saturated rings. The van der Waals surface area contributed by atoms with Crippen LogP contribution in [-0.4, -0.2) is 36.1 Å². The Morgan fingerprint density at radius 3 is 1.33 bits per heavy atom. The van der Waals surface area contributed by atoms with Crippen molar-refractivity contribution in [1.29, 1.82) is 0 Å². The van der Waals surface area contributed by atoms with Crippen LogP contribution in [-0.2, 0) is 0 Å². The van der Waals surface area contributed by atoms with Gasteiger partial charge in [-0.05, 0) is 88.2 Å². The molecule has 0 unspecified atom stereocenters. The van der Waals surface area contributed by atoms with Gasteiger partial charge in [0.2, 0.25) is 0 Å². The van der Waals surface area contributed by atoms with Gasteiger partial charge in [0.1, 0.15) is 0 Å². The van der Waals surface area contributed by atoms with Gasteiger partial charge < -0.3 is 9.80 Å². The van der Waals surface area contributed by atoms with E-state index in [1.54, 1.807) is 0 Å². The van der Waals surface area contributed by atoms with Crippen molar-refractivity contribution in [3.63, 3.8) is 0 Å². The minimum Gasteiger partial charge on any atom is -0.372 e. The van der Waals surface area contributed by atoms with E-state index in [2.05, 4.69) is 142 Å². The van der Waals surface area contributed by atoms with Gasteiger partial charge in [-0.2, -0.15) is 0 Å². The predicted molar refractivity (Wildman–Crippen MR) is 170 cm³/mol. The van der Waals surface area contributed by atoms with Crippen molar-refractivity contribution in [1.82, 2.24) is 9.97 Å². The van der Waals surface area contributed by atoms with E-state index in [0.29, 0.717) is 0 Å². The lowest BCUT2D eigenvalue weighted by atomic mass is 10.1. The molecule has 1 heterocycles. The summed E-state index contributed by atoms with van der Waals surface area (Å²) in [4.78, 5) is 14.5. The van der Waals surface area contributed by atoms with Crippen LogP contribution in [0.2, 0.25) is 0 Å². The van der Waals surface area contributed by atoms with Gasteiger partial charge in [0.15, 0.2) is 5.82 Å². The standard InChI is InChI=1S/C35H40N4/c1-6-38(7-2)33-22-14-28(15-23-33)12-20-31-26-32(37-35(36-31)30-18-10-27(5)11-19-30)21-13-29-16-24-34(25-17-29)39(8-3)9-4/h10-26H,6-9H2,1-5H3/b20-12+,21-13+. The van der Waals surface area contributed by atoms with Gasteiger partial charge in [0.05, 0.1) is 11.4 Å². The van der Waals surface area contributed by atoms with Crippen molar-refractivity contribution in [3.05, 3.63) is 107 Å². The molecule has 0 bridgehead atoms. The van der Waals surface area contributed by atoms with Crippen molar-refractivity contribution in [2.24, 2.45) is 0 Å². The SMILES string of the molecule is CCN(CC)c1ccc(/C=C/c2cc(/C=C/c3ccc(N(CC)CC)cc3)nc(-c3ccc(C)cc3)n2)cc1. The third-order valence-corrected chi connectivity index (χ3v) is 7.01. The third-order valence-electron chi connectivity index (χ3n) is 7.01. The van der Waals surface area contributed by atoms with E-state index in [-0.39, 0.29) is 0 Å². The Hall–Kier alpha value is -4.18. The minimum atomic E-state index is 0.727. The number of hydrogen-bond donors (Lipinski definition) is 0. The van der Waals surface area contributed by atoms with Gasteiger partial charge in [-0.1, -0.05) is 66.2 Å². The van der Waals surface area contributed by atoms with Crippen LogP contribution in [0.25, 0.3) is 35.7 Å². The molecule has 4 aromatic rings. The molecule has 4 nitrogen and oxygen atoms in total. The molecule has 0 atom stereocenters.